The molecule has 7 nitrogen and oxygen atoms in total. The Labute approximate surface area is 138 Å². The van der Waals surface area contributed by atoms with Crippen LogP contribution < -0.4 is 10.6 Å². The average molecular weight is 327 g/mol. The third kappa shape index (κ3) is 8.42. The summed E-state index contributed by atoms with van der Waals surface area (Å²) in [4.78, 5) is 36.4. The zero-order valence-corrected chi connectivity index (χ0v) is 14.2. The number of nitrogens with one attached hydrogen (secondary N) is 2. The molecule has 1 fully saturated rings. The van der Waals surface area contributed by atoms with Gasteiger partial charge < -0.3 is 20.3 Å². The lowest BCUT2D eigenvalue weighted by Crippen LogP contribution is -2.48. The van der Waals surface area contributed by atoms with Gasteiger partial charge in [-0.1, -0.05) is 19.3 Å². The molecular formula is C16H29N3O4. The molecule has 0 spiro atoms. The Morgan fingerprint density at radius 3 is 2.43 bits per heavy atom. The van der Waals surface area contributed by atoms with Crippen LogP contribution in [0.25, 0.3) is 0 Å². The van der Waals surface area contributed by atoms with E-state index in [1.165, 1.54) is 13.3 Å². The van der Waals surface area contributed by atoms with Gasteiger partial charge in [0.2, 0.25) is 5.91 Å². The molecule has 0 aromatic heterocycles. The van der Waals surface area contributed by atoms with Crippen LogP contribution >= 0.6 is 0 Å². The predicted molar refractivity (Wildman–Crippen MR) is 86.9 cm³/mol. The summed E-state index contributed by atoms with van der Waals surface area (Å²) in [6.07, 6.45) is 5.67. The van der Waals surface area contributed by atoms with E-state index in [0.717, 1.165) is 25.7 Å². The molecule has 0 heterocycles. The standard InChI is InChI=1S/C16H29N3O4/c1-3-23-15(21)9-11-19(12-10-17-13(2)20)16(22)18-14-7-5-4-6-8-14/h14H,3-12H2,1-2H3,(H,17,20)(H,18,22). The van der Waals surface area contributed by atoms with Gasteiger partial charge in [0.15, 0.2) is 0 Å². The predicted octanol–water partition coefficient (Wildman–Crippen LogP) is 1.42. The molecular weight excluding hydrogens is 298 g/mol. The molecule has 132 valence electrons. The summed E-state index contributed by atoms with van der Waals surface area (Å²) in [5, 5.41) is 5.71. The third-order valence-corrected chi connectivity index (χ3v) is 3.87. The lowest BCUT2D eigenvalue weighted by molar-refractivity contribution is -0.143. The fourth-order valence-corrected chi connectivity index (χ4v) is 2.65. The van der Waals surface area contributed by atoms with Gasteiger partial charge in [0.1, 0.15) is 0 Å². The van der Waals surface area contributed by atoms with Gasteiger partial charge in [-0.05, 0) is 19.8 Å². The van der Waals surface area contributed by atoms with Crippen LogP contribution in [0.2, 0.25) is 0 Å². The highest BCUT2D eigenvalue weighted by atomic mass is 16.5. The summed E-state index contributed by atoms with van der Waals surface area (Å²) in [7, 11) is 0. The Bertz CT molecular complexity index is 395. The van der Waals surface area contributed by atoms with Crippen molar-refractivity contribution in [2.75, 3.05) is 26.2 Å². The highest BCUT2D eigenvalue weighted by Gasteiger charge is 2.20. The molecule has 23 heavy (non-hydrogen) atoms. The van der Waals surface area contributed by atoms with Crippen molar-refractivity contribution in [3.8, 4) is 0 Å². The molecule has 1 aliphatic carbocycles. The minimum atomic E-state index is -0.317. The number of hydrogen-bond acceptors (Lipinski definition) is 4. The topological polar surface area (TPSA) is 87.7 Å². The van der Waals surface area contributed by atoms with E-state index in [1.807, 2.05) is 0 Å². The van der Waals surface area contributed by atoms with Gasteiger partial charge in [0.25, 0.3) is 0 Å². The van der Waals surface area contributed by atoms with Crippen LogP contribution in [0.1, 0.15) is 52.4 Å². The monoisotopic (exact) mass is 327 g/mol. The number of ether oxygens (including phenoxy) is 1. The zero-order valence-electron chi connectivity index (χ0n) is 14.2. The maximum absolute atomic E-state index is 12.4. The highest BCUT2D eigenvalue weighted by Crippen LogP contribution is 2.17. The van der Waals surface area contributed by atoms with Gasteiger partial charge in [-0.2, -0.15) is 0 Å². The van der Waals surface area contributed by atoms with Crippen LogP contribution in [-0.4, -0.2) is 55.1 Å². The molecule has 3 amide bonds. The number of carbonyl (C=O) groups excluding carboxylic acids is 3. The molecule has 1 saturated carbocycles. The second-order valence-corrected chi connectivity index (χ2v) is 5.81. The summed E-state index contributed by atoms with van der Waals surface area (Å²) in [5.41, 5.74) is 0. The highest BCUT2D eigenvalue weighted by molar-refractivity contribution is 5.76. The molecule has 0 radical (unpaired) electrons. The first-order valence-electron chi connectivity index (χ1n) is 8.48. The van der Waals surface area contributed by atoms with Gasteiger partial charge in [-0.25, -0.2) is 4.79 Å². The minimum Gasteiger partial charge on any atom is -0.466 e. The first kappa shape index (κ1) is 19.3. The van der Waals surface area contributed by atoms with E-state index < -0.39 is 0 Å². The second-order valence-electron chi connectivity index (χ2n) is 5.81. The fraction of sp³-hybridized carbons (Fsp3) is 0.812. The molecule has 0 atom stereocenters. The van der Waals surface area contributed by atoms with E-state index in [9.17, 15) is 14.4 Å². The normalized spacial score (nSPS) is 14.9. The van der Waals surface area contributed by atoms with Crippen molar-refractivity contribution in [2.24, 2.45) is 0 Å². The summed E-state index contributed by atoms with van der Waals surface area (Å²) < 4.78 is 4.90. The Kier molecular flexibility index (Phi) is 9.09. The molecule has 0 aromatic carbocycles. The SMILES string of the molecule is CCOC(=O)CCN(CCNC(C)=O)C(=O)NC1CCCCC1. The molecule has 0 unspecified atom stereocenters. The largest absolute Gasteiger partial charge is 0.466 e. The third-order valence-electron chi connectivity index (χ3n) is 3.87. The first-order valence-corrected chi connectivity index (χ1v) is 8.48. The van der Waals surface area contributed by atoms with E-state index in [1.54, 1.807) is 11.8 Å². The van der Waals surface area contributed by atoms with Gasteiger partial charge in [-0.15, -0.1) is 0 Å². The van der Waals surface area contributed by atoms with Crippen LogP contribution in [0.5, 0.6) is 0 Å². The summed E-state index contributed by atoms with van der Waals surface area (Å²) in [6, 6.07) is 0.0358. The quantitative estimate of drug-likeness (QED) is 0.660. The number of hydrogen-bond donors (Lipinski definition) is 2. The lowest BCUT2D eigenvalue weighted by atomic mass is 9.96. The number of esters is 1. The molecule has 7 heteroatoms. The van der Waals surface area contributed by atoms with E-state index in [2.05, 4.69) is 10.6 Å². The number of nitrogens with zero attached hydrogens (tertiary/aromatic N) is 1. The summed E-state index contributed by atoms with van der Waals surface area (Å²) in [5.74, 6) is -0.453. The fourth-order valence-electron chi connectivity index (χ4n) is 2.65. The van der Waals surface area contributed by atoms with Crippen molar-refractivity contribution in [1.29, 1.82) is 0 Å². The van der Waals surface area contributed by atoms with Crippen LogP contribution in [0.4, 0.5) is 4.79 Å². The Morgan fingerprint density at radius 1 is 1.13 bits per heavy atom. The number of carbonyl (C=O) groups is 3. The van der Waals surface area contributed by atoms with E-state index >= 15 is 0 Å². The molecule has 0 bridgehead atoms. The van der Waals surface area contributed by atoms with Crippen molar-refractivity contribution in [1.82, 2.24) is 15.5 Å². The smallest absolute Gasteiger partial charge is 0.317 e. The van der Waals surface area contributed by atoms with E-state index in [-0.39, 0.29) is 36.9 Å². The van der Waals surface area contributed by atoms with E-state index in [4.69, 9.17) is 4.74 Å². The van der Waals surface area contributed by atoms with Crippen molar-refractivity contribution >= 4 is 17.9 Å². The first-order chi connectivity index (χ1) is 11.0. The number of amides is 3. The van der Waals surface area contributed by atoms with E-state index in [0.29, 0.717) is 19.7 Å². The maximum atomic E-state index is 12.4. The van der Waals surface area contributed by atoms with Crippen molar-refractivity contribution < 1.29 is 19.1 Å². The molecule has 1 aliphatic rings. The van der Waals surface area contributed by atoms with Gasteiger partial charge in [-0.3, -0.25) is 9.59 Å². The molecule has 2 N–H and O–H groups in total. The van der Waals surface area contributed by atoms with Gasteiger partial charge >= 0.3 is 12.0 Å². The van der Waals surface area contributed by atoms with Crippen molar-refractivity contribution in [3.05, 3.63) is 0 Å². The van der Waals surface area contributed by atoms with Gasteiger partial charge in [0.05, 0.1) is 13.0 Å². The number of urea groups is 1. The summed E-state index contributed by atoms with van der Waals surface area (Å²) >= 11 is 0. The van der Waals surface area contributed by atoms with Crippen LogP contribution in [0, 0.1) is 0 Å². The minimum absolute atomic E-state index is 0.136. The lowest BCUT2D eigenvalue weighted by Gasteiger charge is -2.28. The Morgan fingerprint density at radius 2 is 1.83 bits per heavy atom. The maximum Gasteiger partial charge on any atom is 0.317 e. The van der Waals surface area contributed by atoms with Crippen molar-refractivity contribution in [3.63, 3.8) is 0 Å². The number of rotatable bonds is 8. The van der Waals surface area contributed by atoms with Crippen molar-refractivity contribution in [2.45, 2.75) is 58.4 Å². The molecule has 0 aromatic rings. The van der Waals surface area contributed by atoms with Crippen LogP contribution in [-0.2, 0) is 14.3 Å². The summed E-state index contributed by atoms with van der Waals surface area (Å²) in [6.45, 7) is 4.55. The molecule has 1 rings (SSSR count). The average Bonchev–Trinajstić information content (AvgIpc) is 2.51. The van der Waals surface area contributed by atoms with Crippen LogP contribution in [0.15, 0.2) is 0 Å². The zero-order chi connectivity index (χ0) is 17.1. The molecule has 0 saturated heterocycles. The van der Waals surface area contributed by atoms with Gasteiger partial charge in [0, 0.05) is 32.6 Å². The second kappa shape index (κ2) is 10.9. The Balaban J connectivity index is 2.47. The van der Waals surface area contributed by atoms with Crippen LogP contribution in [0.3, 0.4) is 0 Å². The Hall–Kier alpha value is -1.79. The molecule has 0 aliphatic heterocycles.